The second kappa shape index (κ2) is 11.3. The zero-order chi connectivity index (χ0) is 30.2. The van der Waals surface area contributed by atoms with E-state index in [1.54, 1.807) is 12.1 Å². The van der Waals surface area contributed by atoms with E-state index in [1.165, 1.54) is 42.6 Å². The summed E-state index contributed by atoms with van der Waals surface area (Å²) >= 11 is 6.46. The van der Waals surface area contributed by atoms with Crippen LogP contribution >= 0.6 is 11.6 Å². The summed E-state index contributed by atoms with van der Waals surface area (Å²) in [7, 11) is -4.10. The number of alkyl halides is 2. The molecule has 2 aromatic carbocycles. The summed E-state index contributed by atoms with van der Waals surface area (Å²) in [6.45, 7) is 0. The lowest BCUT2D eigenvalue weighted by Gasteiger charge is -2.39. The van der Waals surface area contributed by atoms with E-state index in [2.05, 4.69) is 10.3 Å². The molecule has 2 aliphatic rings. The largest absolute Gasteiger partial charge is 0.351 e. The third-order valence-electron chi connectivity index (χ3n) is 7.08. The van der Waals surface area contributed by atoms with E-state index in [0.29, 0.717) is 0 Å². The number of amides is 2. The van der Waals surface area contributed by atoms with E-state index >= 15 is 0 Å². The molecule has 2 fully saturated rings. The number of nitriles is 1. The van der Waals surface area contributed by atoms with Crippen LogP contribution in [-0.2, 0) is 19.6 Å². The number of aromatic nitrogens is 1. The van der Waals surface area contributed by atoms with Crippen LogP contribution in [0.2, 0.25) is 5.02 Å². The molecule has 2 heterocycles. The Hall–Kier alpha value is -4.15. The Morgan fingerprint density at radius 3 is 2.55 bits per heavy atom. The Bertz CT molecular complexity index is 1690. The molecule has 9 nitrogen and oxygen atoms in total. The second-order valence-corrected chi connectivity index (χ2v) is 12.4. The molecule has 0 bridgehead atoms. The van der Waals surface area contributed by atoms with Crippen molar-refractivity contribution >= 4 is 44.9 Å². The molecule has 5 rings (SSSR count). The molecule has 3 aromatic rings. The van der Waals surface area contributed by atoms with Crippen LogP contribution in [0.5, 0.6) is 0 Å². The van der Waals surface area contributed by atoms with Gasteiger partial charge in [-0.25, -0.2) is 30.9 Å². The van der Waals surface area contributed by atoms with E-state index in [0.717, 1.165) is 21.3 Å². The van der Waals surface area contributed by atoms with Gasteiger partial charge in [-0.3, -0.25) is 14.5 Å². The number of pyridine rings is 1. The predicted molar refractivity (Wildman–Crippen MR) is 148 cm³/mol. The summed E-state index contributed by atoms with van der Waals surface area (Å²) in [6.07, 6.45) is -0.186. The zero-order valence-corrected chi connectivity index (χ0v) is 23.3. The van der Waals surface area contributed by atoms with Crippen molar-refractivity contribution in [2.24, 2.45) is 0 Å². The molecule has 0 radical (unpaired) electrons. The second-order valence-electron chi connectivity index (χ2n) is 10.0. The number of carbonyl (C=O) groups is 2. The van der Waals surface area contributed by atoms with Gasteiger partial charge in [-0.1, -0.05) is 35.9 Å². The highest BCUT2D eigenvalue weighted by Crippen LogP contribution is 2.40. The maximum atomic E-state index is 14.5. The van der Waals surface area contributed by atoms with Gasteiger partial charge in [0.05, 0.1) is 17.4 Å². The smallest absolute Gasteiger partial charge is 0.252 e. The van der Waals surface area contributed by atoms with E-state index in [9.17, 15) is 36.4 Å². The van der Waals surface area contributed by atoms with Gasteiger partial charge in [0.25, 0.3) is 11.8 Å². The first-order chi connectivity index (χ1) is 19.9. The average Bonchev–Trinajstić information content (AvgIpc) is 3.25. The van der Waals surface area contributed by atoms with Crippen LogP contribution in [0.4, 0.5) is 24.7 Å². The van der Waals surface area contributed by atoms with Gasteiger partial charge in [0.2, 0.25) is 15.9 Å². The topological polar surface area (TPSA) is 123 Å². The van der Waals surface area contributed by atoms with E-state index < -0.39 is 70.3 Å². The minimum absolute atomic E-state index is 0.0603. The first-order valence-electron chi connectivity index (χ1n) is 12.8. The van der Waals surface area contributed by atoms with Crippen molar-refractivity contribution in [3.8, 4) is 6.07 Å². The fourth-order valence-corrected chi connectivity index (χ4v) is 7.06. The van der Waals surface area contributed by atoms with Gasteiger partial charge in [-0.15, -0.1) is 0 Å². The maximum absolute atomic E-state index is 14.5. The molecule has 0 spiro atoms. The molecule has 14 heteroatoms. The van der Waals surface area contributed by atoms with Crippen LogP contribution in [0.25, 0.3) is 0 Å². The lowest BCUT2D eigenvalue weighted by Crippen LogP contribution is -2.56. The molecule has 2 atom stereocenters. The van der Waals surface area contributed by atoms with E-state index in [1.807, 2.05) is 6.07 Å². The van der Waals surface area contributed by atoms with Crippen molar-refractivity contribution in [1.29, 1.82) is 5.26 Å². The molecule has 1 N–H and O–H groups in total. The van der Waals surface area contributed by atoms with Crippen LogP contribution in [0.15, 0.2) is 66.9 Å². The molecule has 2 amide bonds. The number of rotatable bonds is 7. The van der Waals surface area contributed by atoms with Crippen LogP contribution in [0, 0.1) is 17.1 Å². The number of nitrogens with one attached hydrogen (secondary N) is 1. The molecule has 42 heavy (non-hydrogen) atoms. The molecule has 1 aromatic heterocycles. The summed E-state index contributed by atoms with van der Waals surface area (Å²) in [5, 5.41) is 11.9. The number of anilines is 2. The molecule has 1 aliphatic heterocycles. The molecular weight excluding hydrogens is 595 g/mol. The summed E-state index contributed by atoms with van der Waals surface area (Å²) in [5.41, 5.74) is 0.111. The lowest BCUT2D eigenvalue weighted by atomic mass is 9.87. The van der Waals surface area contributed by atoms with Crippen LogP contribution in [0.1, 0.15) is 36.4 Å². The van der Waals surface area contributed by atoms with Gasteiger partial charge in [0, 0.05) is 41.4 Å². The van der Waals surface area contributed by atoms with Gasteiger partial charge in [0.15, 0.2) is 0 Å². The number of hydrogen-bond donors (Lipinski definition) is 1. The molecule has 1 saturated carbocycles. The molecule has 218 valence electrons. The first-order valence-corrected chi connectivity index (χ1v) is 14.8. The zero-order valence-electron chi connectivity index (χ0n) is 21.8. The summed E-state index contributed by atoms with van der Waals surface area (Å²) < 4.78 is 68.8. The number of nitrogens with zero attached hydrogens (tertiary/aromatic N) is 4. The Kier molecular flexibility index (Phi) is 7.87. The van der Waals surface area contributed by atoms with Crippen LogP contribution in [-0.4, -0.2) is 49.0 Å². The maximum Gasteiger partial charge on any atom is 0.252 e. The summed E-state index contributed by atoms with van der Waals surface area (Å²) in [4.78, 5) is 33.3. The van der Waals surface area contributed by atoms with Crippen molar-refractivity contribution in [3.05, 3.63) is 88.8 Å². The average molecular weight is 618 g/mol. The van der Waals surface area contributed by atoms with Crippen LogP contribution < -0.4 is 14.5 Å². The number of sulfonamides is 1. The van der Waals surface area contributed by atoms with Gasteiger partial charge in [-0.05, 0) is 42.8 Å². The van der Waals surface area contributed by atoms with E-state index in [4.69, 9.17) is 11.6 Å². The number of carbonyl (C=O) groups excluding carboxylic acids is 2. The minimum Gasteiger partial charge on any atom is -0.351 e. The molecule has 1 aliphatic carbocycles. The number of hydrogen-bond acceptors (Lipinski definition) is 6. The quantitative estimate of drug-likeness (QED) is 0.421. The molecular formula is C28H23ClF3N5O4S. The number of halogens is 4. The monoisotopic (exact) mass is 617 g/mol. The van der Waals surface area contributed by atoms with Gasteiger partial charge in [-0.2, -0.15) is 5.26 Å². The van der Waals surface area contributed by atoms with Crippen molar-refractivity contribution in [2.45, 2.75) is 43.3 Å². The Balaban J connectivity index is 1.63. The minimum atomic E-state index is -4.10. The first kappa shape index (κ1) is 29.3. The fourth-order valence-electron chi connectivity index (χ4n) is 5.13. The molecule has 1 unspecified atom stereocenters. The number of benzene rings is 2. The normalized spacial score (nSPS) is 19.8. The Morgan fingerprint density at radius 1 is 1.14 bits per heavy atom. The Morgan fingerprint density at radius 2 is 1.88 bits per heavy atom. The predicted octanol–water partition coefficient (Wildman–Crippen LogP) is 4.34. The Labute approximate surface area is 244 Å². The van der Waals surface area contributed by atoms with Crippen molar-refractivity contribution in [3.63, 3.8) is 0 Å². The van der Waals surface area contributed by atoms with Crippen molar-refractivity contribution < 1.29 is 31.2 Å². The summed E-state index contributed by atoms with van der Waals surface area (Å²) in [5.74, 6) is -6.09. The highest BCUT2D eigenvalue weighted by molar-refractivity contribution is 7.93. The van der Waals surface area contributed by atoms with Crippen molar-refractivity contribution in [2.75, 3.05) is 15.0 Å². The summed E-state index contributed by atoms with van der Waals surface area (Å²) in [6, 6.07) is 11.4. The van der Waals surface area contributed by atoms with Gasteiger partial charge in [0.1, 0.15) is 23.7 Å². The SMILES string of the molecule is N#Cc1ccnc(N2C(C(=O)N(c3cccc(F)c3)[C@@H](C(=O)NC3CC(F)(F)C3)c3ccccc3Cl)CCS2(=O)=O)c1. The van der Waals surface area contributed by atoms with Crippen molar-refractivity contribution in [1.82, 2.24) is 10.3 Å². The fraction of sp³-hybridized carbons (Fsp3) is 0.286. The highest BCUT2D eigenvalue weighted by Gasteiger charge is 2.49. The van der Waals surface area contributed by atoms with Gasteiger partial charge < -0.3 is 5.32 Å². The lowest BCUT2D eigenvalue weighted by molar-refractivity contribution is -0.133. The molecule has 1 saturated heterocycles. The van der Waals surface area contributed by atoms with E-state index in [-0.39, 0.29) is 34.1 Å². The van der Waals surface area contributed by atoms with Gasteiger partial charge >= 0.3 is 0 Å². The third kappa shape index (κ3) is 5.77. The standard InChI is InChI=1S/C28H23ClF3N5O4S/c29-22-7-2-1-6-21(22)25(26(38)35-19-14-28(31,32)15-19)36(20-5-3-4-18(30)13-20)27(39)23-9-11-42(40,41)37(23)24-12-17(16-33)8-10-34-24/h1-8,10,12-13,19,23,25H,9,11,14-15H2,(H,35,38)/t23?,25-/m1/s1. The van der Waals surface area contributed by atoms with Crippen LogP contribution in [0.3, 0.4) is 0 Å². The highest BCUT2D eigenvalue weighted by atomic mass is 35.5. The third-order valence-corrected chi connectivity index (χ3v) is 9.22.